The summed E-state index contributed by atoms with van der Waals surface area (Å²) >= 11 is 0. The molecule has 1 aromatic rings. The fourth-order valence-electron chi connectivity index (χ4n) is 2.78. The van der Waals surface area contributed by atoms with Gasteiger partial charge in [0.2, 0.25) is 0 Å². The van der Waals surface area contributed by atoms with Crippen LogP contribution < -0.4 is 5.19 Å². The van der Waals surface area contributed by atoms with Crippen LogP contribution in [-0.2, 0) is 11.0 Å². The Morgan fingerprint density at radius 1 is 1.08 bits per heavy atom. The first kappa shape index (κ1) is 21.2. The van der Waals surface area contributed by atoms with Gasteiger partial charge in [-0.25, -0.2) is 0 Å². The molecule has 1 aromatic carbocycles. The van der Waals surface area contributed by atoms with Crippen LogP contribution >= 0.6 is 0 Å². The van der Waals surface area contributed by atoms with Crippen LogP contribution in [0.3, 0.4) is 0 Å². The normalized spacial score (nSPS) is 13.2. The van der Waals surface area contributed by atoms with Crippen molar-refractivity contribution in [2.45, 2.75) is 84.9 Å². The molecule has 1 rings (SSSR count). The van der Waals surface area contributed by atoms with Crippen LogP contribution in [0.1, 0.15) is 57.2 Å². The molecule has 0 aliphatic heterocycles. The van der Waals surface area contributed by atoms with Crippen LogP contribution in [0.15, 0.2) is 12.1 Å². The molecule has 0 bridgehead atoms. The molecule has 0 N–H and O–H groups in total. The second kappa shape index (κ2) is 7.19. The summed E-state index contributed by atoms with van der Waals surface area (Å²) in [5.74, 6) is 3.30. The minimum atomic E-state index is -1.79. The number of rotatable bonds is 5. The van der Waals surface area contributed by atoms with Crippen molar-refractivity contribution in [1.29, 1.82) is 0 Å². The molecular weight excluding hydrogens is 324 g/mol. The fraction of sp³-hybridized carbons (Fsp3) is 0.619. The maximum absolute atomic E-state index is 6.60. The van der Waals surface area contributed by atoms with Crippen molar-refractivity contribution < 1.29 is 4.43 Å². The number of hydrogen-bond acceptors (Lipinski definition) is 1. The summed E-state index contributed by atoms with van der Waals surface area (Å²) in [6.45, 7) is 23.9. The van der Waals surface area contributed by atoms with Gasteiger partial charge in [0.15, 0.2) is 8.32 Å². The molecule has 0 saturated heterocycles. The van der Waals surface area contributed by atoms with Crippen LogP contribution in [0.25, 0.3) is 0 Å². The van der Waals surface area contributed by atoms with E-state index in [1.54, 1.807) is 0 Å². The molecule has 0 unspecified atom stereocenters. The number of benzene rings is 1. The summed E-state index contributed by atoms with van der Waals surface area (Å²) in [5.41, 5.74) is 3.71. The highest BCUT2D eigenvalue weighted by Crippen LogP contribution is 2.37. The summed E-state index contributed by atoms with van der Waals surface area (Å²) in [7, 11) is -3.26. The molecule has 0 aliphatic carbocycles. The lowest BCUT2D eigenvalue weighted by Gasteiger charge is -2.37. The molecule has 0 amide bonds. The second-order valence-corrected chi connectivity index (χ2v) is 19.5. The van der Waals surface area contributed by atoms with Gasteiger partial charge in [0.25, 0.3) is 0 Å². The van der Waals surface area contributed by atoms with Gasteiger partial charge in [-0.3, -0.25) is 0 Å². The third-order valence-corrected chi connectivity index (χ3v) is 11.8. The topological polar surface area (TPSA) is 9.23 Å². The lowest BCUT2D eigenvalue weighted by atomic mass is 9.92. The van der Waals surface area contributed by atoms with E-state index >= 15 is 0 Å². The van der Waals surface area contributed by atoms with Crippen LogP contribution in [0.4, 0.5) is 0 Å². The van der Waals surface area contributed by atoms with E-state index < -0.39 is 16.4 Å². The molecule has 1 nitrogen and oxygen atoms in total. The molecule has 134 valence electrons. The predicted octanol–water partition coefficient (Wildman–Crippen LogP) is 5.86. The zero-order chi connectivity index (χ0) is 18.9. The van der Waals surface area contributed by atoms with Gasteiger partial charge in [0.05, 0.1) is 14.7 Å². The van der Waals surface area contributed by atoms with Crippen LogP contribution in [-0.4, -0.2) is 16.4 Å². The van der Waals surface area contributed by atoms with E-state index in [-0.39, 0.29) is 5.04 Å². The molecule has 3 heteroatoms. The van der Waals surface area contributed by atoms with E-state index in [0.717, 1.165) is 5.56 Å². The van der Waals surface area contributed by atoms with E-state index in [0.29, 0.717) is 12.5 Å². The van der Waals surface area contributed by atoms with Crippen molar-refractivity contribution >= 4 is 21.6 Å². The first-order valence-electron chi connectivity index (χ1n) is 8.99. The Morgan fingerprint density at radius 3 is 2.00 bits per heavy atom. The lowest BCUT2D eigenvalue weighted by molar-refractivity contribution is 0.275. The van der Waals surface area contributed by atoms with Crippen LogP contribution in [0.2, 0.25) is 37.8 Å². The summed E-state index contributed by atoms with van der Waals surface area (Å²) in [4.78, 5) is 0. The Kier molecular flexibility index (Phi) is 6.36. The maximum Gasteiger partial charge on any atom is 0.192 e. The van der Waals surface area contributed by atoms with E-state index in [1.807, 2.05) is 0 Å². The molecule has 0 saturated carbocycles. The van der Waals surface area contributed by atoms with Crippen molar-refractivity contribution in [3.05, 3.63) is 28.8 Å². The fourth-order valence-corrected chi connectivity index (χ4v) is 5.41. The van der Waals surface area contributed by atoms with E-state index in [4.69, 9.17) is 10.8 Å². The zero-order valence-electron chi connectivity index (χ0n) is 17.4. The summed E-state index contributed by atoms with van der Waals surface area (Å²) in [5, 5.41) is 1.71. The van der Waals surface area contributed by atoms with E-state index in [2.05, 4.69) is 85.4 Å². The molecule has 0 aromatic heterocycles. The van der Waals surface area contributed by atoms with E-state index in [1.165, 1.54) is 16.3 Å². The van der Waals surface area contributed by atoms with Gasteiger partial charge >= 0.3 is 0 Å². The molecule has 0 fully saturated rings. The van der Waals surface area contributed by atoms with Gasteiger partial charge in [-0.05, 0) is 41.2 Å². The largest absolute Gasteiger partial charge is 0.413 e. The van der Waals surface area contributed by atoms with Crippen molar-refractivity contribution in [2.75, 3.05) is 0 Å². The quantitative estimate of drug-likeness (QED) is 0.472. The van der Waals surface area contributed by atoms with Gasteiger partial charge in [-0.15, -0.1) is 6.42 Å². The average Bonchev–Trinajstić information content (AvgIpc) is 2.41. The Morgan fingerprint density at radius 2 is 1.62 bits per heavy atom. The molecule has 24 heavy (non-hydrogen) atoms. The second-order valence-electron chi connectivity index (χ2n) is 9.65. The molecular formula is C21H36OSi2. The lowest BCUT2D eigenvalue weighted by Crippen LogP contribution is -2.44. The smallest absolute Gasteiger partial charge is 0.192 e. The average molecular weight is 361 g/mol. The first-order valence-corrected chi connectivity index (χ1v) is 15.4. The van der Waals surface area contributed by atoms with E-state index in [9.17, 15) is 0 Å². The molecule has 0 radical (unpaired) electrons. The Balaban J connectivity index is 3.46. The molecule has 0 atom stereocenters. The van der Waals surface area contributed by atoms with Crippen LogP contribution in [0.5, 0.6) is 0 Å². The Bertz CT molecular complexity index is 623. The maximum atomic E-state index is 6.60. The highest BCUT2D eigenvalue weighted by atomic mass is 28.4. The third-order valence-electron chi connectivity index (χ3n) is 5.28. The number of hydrogen-bond donors (Lipinski definition) is 0. The van der Waals surface area contributed by atoms with Crippen molar-refractivity contribution in [3.8, 4) is 12.3 Å². The van der Waals surface area contributed by atoms with Gasteiger partial charge < -0.3 is 4.43 Å². The monoisotopic (exact) mass is 360 g/mol. The molecule has 0 aliphatic rings. The third kappa shape index (κ3) is 4.62. The zero-order valence-corrected chi connectivity index (χ0v) is 19.4. The molecule has 0 heterocycles. The van der Waals surface area contributed by atoms with Gasteiger partial charge in [0.1, 0.15) is 0 Å². The van der Waals surface area contributed by atoms with Crippen molar-refractivity contribution in [2.24, 2.45) is 0 Å². The van der Waals surface area contributed by atoms with Gasteiger partial charge in [-0.1, -0.05) is 71.4 Å². The molecule has 0 spiro atoms. The predicted molar refractivity (Wildman–Crippen MR) is 113 cm³/mol. The number of terminal acetylenes is 1. The van der Waals surface area contributed by atoms with Crippen LogP contribution in [0, 0.1) is 12.3 Å². The highest BCUT2D eigenvalue weighted by Gasteiger charge is 2.37. The van der Waals surface area contributed by atoms with Crippen molar-refractivity contribution in [3.63, 3.8) is 0 Å². The summed E-state index contributed by atoms with van der Waals surface area (Å²) in [6.07, 6.45) is 5.80. The van der Waals surface area contributed by atoms with Crippen molar-refractivity contribution in [1.82, 2.24) is 0 Å². The summed E-state index contributed by atoms with van der Waals surface area (Å²) in [6, 6.07) is 4.40. The Labute approximate surface area is 152 Å². The standard InChI is InChI=1S/C21H36OSi2/c1-12-17-13-14-19(23(7,8)9)18(20(17)16(2)3)15-22-24(10,11)21(4,5)6/h1,13-14,16H,15H2,2-11H3. The first-order chi connectivity index (χ1) is 10.7. The highest BCUT2D eigenvalue weighted by molar-refractivity contribution is 6.89. The van der Waals surface area contributed by atoms with Gasteiger partial charge in [-0.2, -0.15) is 0 Å². The summed E-state index contributed by atoms with van der Waals surface area (Å²) < 4.78 is 6.60. The SMILES string of the molecule is C#Cc1ccc([Si](C)(C)C)c(CO[Si](C)(C)C(C)(C)C)c1C(C)C. The minimum absolute atomic E-state index is 0.216. The Hall–Kier alpha value is -0.826. The van der Waals surface area contributed by atoms with Gasteiger partial charge in [0, 0.05) is 5.56 Å². The minimum Gasteiger partial charge on any atom is -0.413 e.